The van der Waals surface area contributed by atoms with E-state index in [1.807, 2.05) is 0 Å². The summed E-state index contributed by atoms with van der Waals surface area (Å²) >= 11 is 0. The van der Waals surface area contributed by atoms with Crippen molar-refractivity contribution in [3.63, 3.8) is 0 Å². The summed E-state index contributed by atoms with van der Waals surface area (Å²) in [7, 11) is 0. The van der Waals surface area contributed by atoms with Gasteiger partial charge in [-0.15, -0.1) is 0 Å². The molecule has 0 spiro atoms. The van der Waals surface area contributed by atoms with Gasteiger partial charge in [0.15, 0.2) is 0 Å². The Morgan fingerprint density at radius 2 is 2.07 bits per heavy atom. The number of carbonyl (C=O) groups is 1. The van der Waals surface area contributed by atoms with Crippen molar-refractivity contribution in [3.05, 3.63) is 12.2 Å². The Morgan fingerprint density at radius 3 is 2.50 bits per heavy atom. The van der Waals surface area contributed by atoms with Crippen LogP contribution in [0.3, 0.4) is 0 Å². The van der Waals surface area contributed by atoms with Crippen LogP contribution in [0.1, 0.15) is 13.8 Å². The molecule has 0 heterocycles. The molecule has 0 unspecified atom stereocenters. The molecule has 1 N–H and O–H groups in total. The average molecular weight is 208 g/mol. The highest BCUT2D eigenvalue weighted by molar-refractivity contribution is 6.00. The number of carbonyl (C=O) groups excluding carboxylic acids is 1. The van der Waals surface area contributed by atoms with Gasteiger partial charge in [-0.25, -0.2) is 4.79 Å². The van der Waals surface area contributed by atoms with E-state index in [9.17, 15) is 18.0 Å². The number of nitrogens with one attached hydrogen (secondary N) is 1. The van der Waals surface area contributed by atoms with Crippen molar-refractivity contribution in [2.24, 2.45) is 4.99 Å². The highest BCUT2D eigenvalue weighted by atomic mass is 19.4. The SMILES string of the molecule is C/C=C\C(C)=NC(=O)NCC(F)(F)F. The average Bonchev–Trinajstić information content (AvgIpc) is 2.00. The molecule has 14 heavy (non-hydrogen) atoms. The number of rotatable bonds is 2. The Bertz CT molecular complexity index is 256. The van der Waals surface area contributed by atoms with Crippen molar-refractivity contribution in [1.82, 2.24) is 5.32 Å². The van der Waals surface area contributed by atoms with E-state index in [0.29, 0.717) is 5.71 Å². The molecule has 0 atom stereocenters. The van der Waals surface area contributed by atoms with Crippen LogP contribution in [0.2, 0.25) is 0 Å². The predicted octanol–water partition coefficient (Wildman–Crippen LogP) is 2.30. The molecule has 6 heteroatoms. The summed E-state index contributed by atoms with van der Waals surface area (Å²) in [5.41, 5.74) is 0.354. The monoisotopic (exact) mass is 208 g/mol. The summed E-state index contributed by atoms with van der Waals surface area (Å²) < 4.78 is 34.9. The molecular formula is C8H11F3N2O. The van der Waals surface area contributed by atoms with Crippen molar-refractivity contribution in [2.45, 2.75) is 20.0 Å². The quantitative estimate of drug-likeness (QED) is 0.695. The fraction of sp³-hybridized carbons (Fsp3) is 0.500. The number of alkyl halides is 3. The number of urea groups is 1. The molecule has 0 saturated heterocycles. The Balaban J connectivity index is 4.05. The maximum Gasteiger partial charge on any atom is 0.405 e. The zero-order valence-corrected chi connectivity index (χ0v) is 7.85. The molecular weight excluding hydrogens is 197 g/mol. The molecule has 0 aromatic rings. The summed E-state index contributed by atoms with van der Waals surface area (Å²) in [6, 6.07) is -0.988. The number of allylic oxidation sites excluding steroid dienone is 2. The lowest BCUT2D eigenvalue weighted by atomic mass is 10.4. The maximum absolute atomic E-state index is 11.6. The van der Waals surface area contributed by atoms with Gasteiger partial charge in [-0.3, -0.25) is 0 Å². The molecule has 80 valence electrons. The molecule has 0 aromatic heterocycles. The van der Waals surface area contributed by atoms with Crippen LogP contribution < -0.4 is 5.32 Å². The molecule has 0 fully saturated rings. The highest BCUT2D eigenvalue weighted by Crippen LogP contribution is 2.12. The molecule has 0 aliphatic heterocycles. The largest absolute Gasteiger partial charge is 0.405 e. The first kappa shape index (κ1) is 12.7. The van der Waals surface area contributed by atoms with Crippen LogP contribution in [0.15, 0.2) is 17.1 Å². The van der Waals surface area contributed by atoms with E-state index in [1.54, 1.807) is 18.3 Å². The summed E-state index contributed by atoms with van der Waals surface area (Å²) in [5.74, 6) is 0. The Morgan fingerprint density at radius 1 is 1.50 bits per heavy atom. The summed E-state index contributed by atoms with van der Waals surface area (Å²) in [6.07, 6.45) is -1.25. The van der Waals surface area contributed by atoms with Gasteiger partial charge >= 0.3 is 12.2 Å². The van der Waals surface area contributed by atoms with Gasteiger partial charge in [0.2, 0.25) is 0 Å². The van der Waals surface area contributed by atoms with Gasteiger partial charge in [-0.05, 0) is 19.9 Å². The van der Waals surface area contributed by atoms with E-state index in [0.717, 1.165) is 0 Å². The van der Waals surface area contributed by atoms with Crippen LogP contribution in [0.4, 0.5) is 18.0 Å². The van der Waals surface area contributed by atoms with Gasteiger partial charge in [0.1, 0.15) is 6.54 Å². The fourth-order valence-corrected chi connectivity index (χ4v) is 0.654. The van der Waals surface area contributed by atoms with Gasteiger partial charge in [-0.2, -0.15) is 18.2 Å². The lowest BCUT2D eigenvalue weighted by Gasteiger charge is -2.05. The van der Waals surface area contributed by atoms with E-state index >= 15 is 0 Å². The topological polar surface area (TPSA) is 41.5 Å². The standard InChI is InChI=1S/C8H11F3N2O/c1-3-4-6(2)13-7(14)12-5-8(9,10)11/h3-4H,5H2,1-2H3,(H,12,14)/b4-3-,13-6?. The number of aliphatic imine (C=N–C) groups is 1. The van der Waals surface area contributed by atoms with Gasteiger partial charge in [0.05, 0.1) is 0 Å². The summed E-state index contributed by atoms with van der Waals surface area (Å²) in [5, 5.41) is 1.63. The van der Waals surface area contributed by atoms with E-state index in [1.165, 1.54) is 13.0 Å². The molecule has 3 nitrogen and oxygen atoms in total. The second-order valence-electron chi connectivity index (χ2n) is 2.53. The zero-order valence-electron chi connectivity index (χ0n) is 7.85. The van der Waals surface area contributed by atoms with Crippen LogP contribution >= 0.6 is 0 Å². The van der Waals surface area contributed by atoms with Crippen molar-refractivity contribution < 1.29 is 18.0 Å². The second-order valence-corrected chi connectivity index (χ2v) is 2.53. The van der Waals surface area contributed by atoms with Crippen molar-refractivity contribution in [3.8, 4) is 0 Å². The maximum atomic E-state index is 11.6. The van der Waals surface area contributed by atoms with Crippen LogP contribution in [0, 0.1) is 0 Å². The first-order chi connectivity index (χ1) is 6.35. The smallest absolute Gasteiger partial charge is 0.327 e. The predicted molar refractivity (Wildman–Crippen MR) is 47.4 cm³/mol. The van der Waals surface area contributed by atoms with E-state index in [-0.39, 0.29) is 0 Å². The molecule has 2 amide bonds. The molecule has 0 aliphatic rings. The minimum Gasteiger partial charge on any atom is -0.327 e. The van der Waals surface area contributed by atoms with Crippen LogP contribution in [-0.4, -0.2) is 24.5 Å². The van der Waals surface area contributed by atoms with Crippen molar-refractivity contribution in [1.29, 1.82) is 0 Å². The number of nitrogens with zero attached hydrogens (tertiary/aromatic N) is 1. The number of hydrogen-bond donors (Lipinski definition) is 1. The Labute approximate surface area is 79.7 Å². The molecule has 0 aromatic carbocycles. The Kier molecular flexibility index (Phi) is 4.90. The summed E-state index contributed by atoms with van der Waals surface area (Å²) in [4.78, 5) is 14.1. The normalized spacial score (nSPS) is 13.4. The summed E-state index contributed by atoms with van der Waals surface area (Å²) in [6.45, 7) is 1.87. The van der Waals surface area contributed by atoms with Crippen molar-refractivity contribution in [2.75, 3.05) is 6.54 Å². The lowest BCUT2D eigenvalue weighted by Crippen LogP contribution is -2.32. The first-order valence-corrected chi connectivity index (χ1v) is 3.87. The Hall–Kier alpha value is -1.33. The van der Waals surface area contributed by atoms with Crippen LogP contribution in [0.25, 0.3) is 0 Å². The van der Waals surface area contributed by atoms with Gasteiger partial charge in [0, 0.05) is 5.71 Å². The molecule has 0 aliphatic carbocycles. The number of halogens is 3. The van der Waals surface area contributed by atoms with Gasteiger partial charge < -0.3 is 5.32 Å². The third-order valence-corrected chi connectivity index (χ3v) is 1.13. The van der Waals surface area contributed by atoms with Gasteiger partial charge in [0.25, 0.3) is 0 Å². The van der Waals surface area contributed by atoms with E-state index in [2.05, 4.69) is 4.99 Å². The van der Waals surface area contributed by atoms with E-state index < -0.39 is 18.8 Å². The molecule has 0 bridgehead atoms. The second kappa shape index (κ2) is 5.41. The fourth-order valence-electron chi connectivity index (χ4n) is 0.654. The lowest BCUT2D eigenvalue weighted by molar-refractivity contribution is -0.122. The first-order valence-electron chi connectivity index (χ1n) is 3.87. The third kappa shape index (κ3) is 7.33. The zero-order chi connectivity index (χ0) is 11.2. The number of amides is 2. The van der Waals surface area contributed by atoms with Crippen LogP contribution in [-0.2, 0) is 0 Å². The highest BCUT2D eigenvalue weighted by Gasteiger charge is 2.27. The minimum absolute atomic E-state index is 0.354. The van der Waals surface area contributed by atoms with Gasteiger partial charge in [-0.1, -0.05) is 6.08 Å². The number of hydrogen-bond acceptors (Lipinski definition) is 1. The van der Waals surface area contributed by atoms with Crippen LogP contribution in [0.5, 0.6) is 0 Å². The molecule has 0 rings (SSSR count). The third-order valence-electron chi connectivity index (χ3n) is 1.13. The molecule has 0 radical (unpaired) electrons. The van der Waals surface area contributed by atoms with E-state index in [4.69, 9.17) is 0 Å². The van der Waals surface area contributed by atoms with Crippen molar-refractivity contribution >= 4 is 11.7 Å². The molecule has 0 saturated carbocycles. The minimum atomic E-state index is -4.40.